The van der Waals surface area contributed by atoms with Crippen LogP contribution in [0.25, 0.3) is 0 Å². The molecule has 1 N–H and O–H groups in total. The van der Waals surface area contributed by atoms with E-state index in [0.717, 1.165) is 35.7 Å². The second kappa shape index (κ2) is 4.93. The summed E-state index contributed by atoms with van der Waals surface area (Å²) >= 11 is 3.30. The normalized spacial score (nSPS) is 27.2. The minimum absolute atomic E-state index is 0.178. The summed E-state index contributed by atoms with van der Waals surface area (Å²) in [6, 6.07) is 4.85. The highest BCUT2D eigenvalue weighted by Gasteiger charge is 2.38. The van der Waals surface area contributed by atoms with Gasteiger partial charge in [-0.2, -0.15) is 0 Å². The first-order valence-corrected chi connectivity index (χ1v) is 7.25. The molecule has 0 aliphatic heterocycles. The van der Waals surface area contributed by atoms with Gasteiger partial charge in [0.05, 0.1) is 5.60 Å². The van der Waals surface area contributed by atoms with Crippen LogP contribution in [0, 0.1) is 11.2 Å². The third-order valence-corrected chi connectivity index (χ3v) is 4.22. The van der Waals surface area contributed by atoms with Crippen LogP contribution >= 0.6 is 15.9 Å². The van der Waals surface area contributed by atoms with Crippen molar-refractivity contribution in [3.8, 4) is 0 Å². The van der Waals surface area contributed by atoms with Gasteiger partial charge in [-0.05, 0) is 48.4 Å². The van der Waals surface area contributed by atoms with Crippen LogP contribution in [0.15, 0.2) is 22.7 Å². The van der Waals surface area contributed by atoms with Gasteiger partial charge in [0.1, 0.15) is 5.82 Å². The van der Waals surface area contributed by atoms with Crippen molar-refractivity contribution in [2.24, 2.45) is 5.41 Å². The summed E-state index contributed by atoms with van der Waals surface area (Å²) in [6.45, 7) is 4.39. The highest BCUT2D eigenvalue weighted by atomic mass is 79.9. The highest BCUT2D eigenvalue weighted by Crippen LogP contribution is 2.42. The van der Waals surface area contributed by atoms with Crippen molar-refractivity contribution in [1.82, 2.24) is 0 Å². The van der Waals surface area contributed by atoms with E-state index in [-0.39, 0.29) is 11.2 Å². The zero-order chi connectivity index (χ0) is 13.4. The number of hydrogen-bond donors (Lipinski definition) is 1. The van der Waals surface area contributed by atoms with Crippen LogP contribution in [0.5, 0.6) is 0 Å². The van der Waals surface area contributed by atoms with E-state index in [9.17, 15) is 9.50 Å². The Kier molecular flexibility index (Phi) is 3.84. The van der Waals surface area contributed by atoms with E-state index in [0.29, 0.717) is 6.42 Å². The van der Waals surface area contributed by atoms with Crippen molar-refractivity contribution < 1.29 is 9.50 Å². The van der Waals surface area contributed by atoms with Crippen LogP contribution < -0.4 is 0 Å². The third-order valence-electron chi connectivity index (χ3n) is 3.76. The zero-order valence-electron chi connectivity index (χ0n) is 11.0. The van der Waals surface area contributed by atoms with Gasteiger partial charge in [-0.25, -0.2) is 4.39 Å². The first-order chi connectivity index (χ1) is 8.28. The molecule has 3 heteroatoms. The van der Waals surface area contributed by atoms with E-state index >= 15 is 0 Å². The van der Waals surface area contributed by atoms with Gasteiger partial charge in [0, 0.05) is 10.9 Å². The van der Waals surface area contributed by atoms with E-state index < -0.39 is 5.60 Å². The Hall–Kier alpha value is -0.410. The average molecular weight is 315 g/mol. The van der Waals surface area contributed by atoms with Gasteiger partial charge in [0.15, 0.2) is 0 Å². The molecule has 0 spiro atoms. The molecule has 1 aromatic carbocycles. The number of hydrogen-bond acceptors (Lipinski definition) is 1. The summed E-state index contributed by atoms with van der Waals surface area (Å²) in [7, 11) is 0. The molecule has 0 aromatic heterocycles. The van der Waals surface area contributed by atoms with Gasteiger partial charge in [-0.1, -0.05) is 36.2 Å². The van der Waals surface area contributed by atoms with Gasteiger partial charge in [-0.3, -0.25) is 0 Å². The molecule has 1 saturated carbocycles. The summed E-state index contributed by atoms with van der Waals surface area (Å²) in [6.07, 6.45) is 4.33. The topological polar surface area (TPSA) is 20.2 Å². The van der Waals surface area contributed by atoms with Crippen LogP contribution in [0.1, 0.15) is 45.1 Å². The van der Waals surface area contributed by atoms with Crippen molar-refractivity contribution in [2.45, 2.75) is 51.6 Å². The smallest absolute Gasteiger partial charge is 0.124 e. The fourth-order valence-corrected chi connectivity index (χ4v) is 3.72. The molecular formula is C15H20BrFO. The number of aliphatic hydroxyl groups is 1. The molecule has 100 valence electrons. The molecular weight excluding hydrogens is 295 g/mol. The third kappa shape index (κ3) is 3.55. The molecule has 1 aliphatic rings. The Morgan fingerprint density at radius 1 is 1.28 bits per heavy atom. The fraction of sp³-hybridized carbons (Fsp3) is 0.600. The number of rotatable bonds is 2. The maximum atomic E-state index is 13.3. The van der Waals surface area contributed by atoms with Crippen molar-refractivity contribution in [1.29, 1.82) is 0 Å². The van der Waals surface area contributed by atoms with Crippen LogP contribution in [-0.4, -0.2) is 10.7 Å². The zero-order valence-corrected chi connectivity index (χ0v) is 12.6. The number of halogens is 2. The maximum Gasteiger partial charge on any atom is 0.124 e. The number of benzene rings is 1. The second-order valence-electron chi connectivity index (χ2n) is 6.37. The molecule has 1 atom stereocenters. The predicted molar refractivity (Wildman–Crippen MR) is 75.0 cm³/mol. The molecule has 1 unspecified atom stereocenters. The van der Waals surface area contributed by atoms with Crippen LogP contribution in [-0.2, 0) is 6.42 Å². The van der Waals surface area contributed by atoms with Gasteiger partial charge < -0.3 is 5.11 Å². The average Bonchev–Trinajstić information content (AvgIpc) is 2.11. The van der Waals surface area contributed by atoms with E-state index in [1.54, 1.807) is 0 Å². The lowest BCUT2D eigenvalue weighted by Crippen LogP contribution is -2.40. The first kappa shape index (κ1) is 14.0. The molecule has 1 aliphatic carbocycles. The standard InChI is InChI=1S/C15H20BrFO/c1-14(2)4-3-5-15(18,10-14)9-11-6-12(16)8-13(17)7-11/h6-8,18H,3-5,9-10H2,1-2H3. The van der Waals surface area contributed by atoms with E-state index in [2.05, 4.69) is 29.8 Å². The van der Waals surface area contributed by atoms with E-state index in [4.69, 9.17) is 0 Å². The molecule has 0 bridgehead atoms. The molecule has 1 fully saturated rings. The van der Waals surface area contributed by atoms with E-state index in [1.165, 1.54) is 12.1 Å². The lowest BCUT2D eigenvalue weighted by molar-refractivity contribution is -0.0382. The molecule has 0 saturated heterocycles. The Labute approximate surface area is 117 Å². The second-order valence-corrected chi connectivity index (χ2v) is 7.29. The Morgan fingerprint density at radius 3 is 2.61 bits per heavy atom. The Morgan fingerprint density at radius 2 is 2.00 bits per heavy atom. The molecule has 1 aromatic rings. The predicted octanol–water partition coefficient (Wildman–Crippen LogP) is 4.46. The van der Waals surface area contributed by atoms with Crippen LogP contribution in [0.4, 0.5) is 4.39 Å². The summed E-state index contributed by atoms with van der Waals surface area (Å²) < 4.78 is 14.1. The fourth-order valence-electron chi connectivity index (χ4n) is 3.21. The SMILES string of the molecule is CC1(C)CCCC(O)(Cc2cc(F)cc(Br)c2)C1. The van der Waals surface area contributed by atoms with Gasteiger partial charge in [0.25, 0.3) is 0 Å². The van der Waals surface area contributed by atoms with Gasteiger partial charge in [0.2, 0.25) is 0 Å². The molecule has 1 nitrogen and oxygen atoms in total. The molecule has 0 heterocycles. The van der Waals surface area contributed by atoms with Gasteiger partial charge in [-0.15, -0.1) is 0 Å². The maximum absolute atomic E-state index is 13.3. The minimum Gasteiger partial charge on any atom is -0.390 e. The van der Waals surface area contributed by atoms with Crippen molar-refractivity contribution in [2.75, 3.05) is 0 Å². The first-order valence-electron chi connectivity index (χ1n) is 6.45. The highest BCUT2D eigenvalue weighted by molar-refractivity contribution is 9.10. The quantitative estimate of drug-likeness (QED) is 0.854. The Balaban J connectivity index is 2.16. The monoisotopic (exact) mass is 314 g/mol. The lowest BCUT2D eigenvalue weighted by Gasteiger charge is -2.41. The van der Waals surface area contributed by atoms with E-state index in [1.807, 2.05) is 6.07 Å². The molecule has 18 heavy (non-hydrogen) atoms. The van der Waals surface area contributed by atoms with Gasteiger partial charge >= 0.3 is 0 Å². The summed E-state index contributed by atoms with van der Waals surface area (Å²) in [5.41, 5.74) is 0.356. The molecule has 0 amide bonds. The van der Waals surface area contributed by atoms with Crippen LogP contribution in [0.2, 0.25) is 0 Å². The molecule has 2 rings (SSSR count). The van der Waals surface area contributed by atoms with Crippen LogP contribution in [0.3, 0.4) is 0 Å². The van der Waals surface area contributed by atoms with Crippen molar-refractivity contribution in [3.05, 3.63) is 34.1 Å². The Bertz CT molecular complexity index is 424. The van der Waals surface area contributed by atoms with Crippen molar-refractivity contribution in [3.63, 3.8) is 0 Å². The largest absolute Gasteiger partial charge is 0.390 e. The summed E-state index contributed by atoms with van der Waals surface area (Å²) in [5, 5.41) is 10.7. The summed E-state index contributed by atoms with van der Waals surface area (Å²) in [5.74, 6) is -0.252. The molecule has 0 radical (unpaired) electrons. The lowest BCUT2D eigenvalue weighted by atomic mass is 9.68. The minimum atomic E-state index is -0.686. The summed E-state index contributed by atoms with van der Waals surface area (Å²) in [4.78, 5) is 0. The van der Waals surface area contributed by atoms with Crippen molar-refractivity contribution >= 4 is 15.9 Å².